The Morgan fingerprint density at radius 2 is 1.63 bits per heavy atom. The number of rotatable bonds is 7. The maximum absolute atomic E-state index is 13.5. The molecule has 4 rings (SSSR count). The minimum absolute atomic E-state index is 0.0580. The molecule has 0 radical (unpaired) electrons. The summed E-state index contributed by atoms with van der Waals surface area (Å²) in [5, 5.41) is 2.79. The standard InChI is InChI=1S/C27H31N3O5/c1-3-35-26(33)19-11-13-20(14-12-19)28-24(31)17-23-25(32)30(22-15-9-18(2)10-16-22)27(34)29(23)21-7-5-4-6-8-21/h9-16,21,23H,3-8,17H2,1-2H3,(H,28,31)/t23-/m1/s1. The quantitative estimate of drug-likeness (QED) is 0.462. The summed E-state index contributed by atoms with van der Waals surface area (Å²) in [6.07, 6.45) is 4.63. The maximum atomic E-state index is 13.5. The van der Waals surface area contributed by atoms with E-state index in [-0.39, 0.29) is 36.9 Å². The number of hydrogen-bond acceptors (Lipinski definition) is 5. The second kappa shape index (κ2) is 10.7. The van der Waals surface area contributed by atoms with Crippen molar-refractivity contribution in [2.45, 2.75) is 64.5 Å². The summed E-state index contributed by atoms with van der Waals surface area (Å²) in [5.74, 6) is -1.18. The molecule has 8 nitrogen and oxygen atoms in total. The van der Waals surface area contributed by atoms with Crippen LogP contribution in [-0.4, -0.2) is 47.4 Å². The minimum atomic E-state index is -0.856. The summed E-state index contributed by atoms with van der Waals surface area (Å²) in [7, 11) is 0. The fourth-order valence-electron chi connectivity index (χ4n) is 4.79. The van der Waals surface area contributed by atoms with Crippen molar-refractivity contribution in [1.82, 2.24) is 4.90 Å². The lowest BCUT2D eigenvalue weighted by Gasteiger charge is -2.33. The van der Waals surface area contributed by atoms with Gasteiger partial charge in [0.25, 0.3) is 5.91 Å². The highest BCUT2D eigenvalue weighted by Crippen LogP contribution is 2.33. The van der Waals surface area contributed by atoms with Crippen molar-refractivity contribution < 1.29 is 23.9 Å². The van der Waals surface area contributed by atoms with Crippen LogP contribution in [0.2, 0.25) is 0 Å². The molecule has 2 aromatic carbocycles. The van der Waals surface area contributed by atoms with E-state index < -0.39 is 12.0 Å². The number of nitrogens with zero attached hydrogens (tertiary/aromatic N) is 2. The van der Waals surface area contributed by atoms with Crippen LogP contribution in [0.3, 0.4) is 0 Å². The number of benzene rings is 2. The van der Waals surface area contributed by atoms with Crippen molar-refractivity contribution >= 4 is 35.2 Å². The van der Waals surface area contributed by atoms with Crippen molar-refractivity contribution in [2.75, 3.05) is 16.8 Å². The van der Waals surface area contributed by atoms with Crippen molar-refractivity contribution in [3.8, 4) is 0 Å². The highest BCUT2D eigenvalue weighted by molar-refractivity contribution is 6.22. The predicted molar refractivity (Wildman–Crippen MR) is 132 cm³/mol. The van der Waals surface area contributed by atoms with Crippen LogP contribution in [0.15, 0.2) is 48.5 Å². The average Bonchev–Trinajstić information content (AvgIpc) is 3.10. The molecule has 0 unspecified atom stereocenters. The van der Waals surface area contributed by atoms with E-state index in [1.165, 1.54) is 4.90 Å². The molecule has 1 saturated carbocycles. The van der Waals surface area contributed by atoms with Crippen LogP contribution in [0.4, 0.5) is 16.2 Å². The molecule has 4 amide bonds. The van der Waals surface area contributed by atoms with Gasteiger partial charge in [0, 0.05) is 11.7 Å². The molecule has 2 fully saturated rings. The first-order valence-electron chi connectivity index (χ1n) is 12.2. The van der Waals surface area contributed by atoms with E-state index in [0.717, 1.165) is 37.7 Å². The van der Waals surface area contributed by atoms with Crippen molar-refractivity contribution in [2.24, 2.45) is 0 Å². The van der Waals surface area contributed by atoms with Crippen LogP contribution in [0.5, 0.6) is 0 Å². The van der Waals surface area contributed by atoms with Crippen LogP contribution >= 0.6 is 0 Å². The van der Waals surface area contributed by atoms with Crippen LogP contribution in [-0.2, 0) is 14.3 Å². The molecule has 1 aliphatic carbocycles. The van der Waals surface area contributed by atoms with E-state index in [1.807, 2.05) is 19.1 Å². The van der Waals surface area contributed by atoms with Gasteiger partial charge in [0.05, 0.1) is 24.3 Å². The van der Waals surface area contributed by atoms with Crippen LogP contribution in [0, 0.1) is 6.92 Å². The topological polar surface area (TPSA) is 96.0 Å². The average molecular weight is 478 g/mol. The zero-order valence-corrected chi connectivity index (χ0v) is 20.2. The number of hydrogen-bond donors (Lipinski definition) is 1. The van der Waals surface area contributed by atoms with E-state index in [4.69, 9.17) is 4.74 Å². The predicted octanol–water partition coefficient (Wildman–Crippen LogP) is 4.67. The Hall–Kier alpha value is -3.68. The number of imide groups is 1. The molecule has 2 aliphatic rings. The number of aryl methyl sites for hydroxylation is 1. The van der Waals surface area contributed by atoms with Gasteiger partial charge in [-0.3, -0.25) is 9.59 Å². The molecular formula is C27H31N3O5. The lowest BCUT2D eigenvalue weighted by atomic mass is 9.93. The fraction of sp³-hybridized carbons (Fsp3) is 0.407. The number of carbonyl (C=O) groups is 4. The lowest BCUT2D eigenvalue weighted by Crippen LogP contribution is -2.45. The van der Waals surface area contributed by atoms with Gasteiger partial charge in [-0.05, 0) is 63.1 Å². The highest BCUT2D eigenvalue weighted by atomic mass is 16.5. The molecule has 0 bridgehead atoms. The summed E-state index contributed by atoms with van der Waals surface area (Å²) in [6.45, 7) is 3.96. The molecule has 1 aliphatic heterocycles. The molecule has 1 saturated heterocycles. The zero-order chi connectivity index (χ0) is 24.9. The second-order valence-corrected chi connectivity index (χ2v) is 9.06. The third kappa shape index (κ3) is 5.37. The number of esters is 1. The van der Waals surface area contributed by atoms with Gasteiger partial charge in [0.1, 0.15) is 6.04 Å². The molecule has 1 N–H and O–H groups in total. The molecule has 2 aromatic rings. The van der Waals surface area contributed by atoms with Gasteiger partial charge in [-0.25, -0.2) is 14.5 Å². The van der Waals surface area contributed by atoms with Crippen molar-refractivity contribution in [1.29, 1.82) is 0 Å². The Morgan fingerprint density at radius 1 is 0.971 bits per heavy atom. The van der Waals surface area contributed by atoms with Gasteiger partial charge < -0.3 is 15.0 Å². The maximum Gasteiger partial charge on any atom is 0.338 e. The molecule has 1 heterocycles. The molecule has 35 heavy (non-hydrogen) atoms. The number of ether oxygens (including phenoxy) is 1. The normalized spacial score (nSPS) is 18.6. The van der Waals surface area contributed by atoms with Gasteiger partial charge in [-0.2, -0.15) is 0 Å². The number of amides is 4. The van der Waals surface area contributed by atoms with E-state index in [1.54, 1.807) is 48.2 Å². The second-order valence-electron chi connectivity index (χ2n) is 9.06. The Labute approximate surface area is 205 Å². The largest absolute Gasteiger partial charge is 0.462 e. The fourth-order valence-corrected chi connectivity index (χ4v) is 4.79. The van der Waals surface area contributed by atoms with E-state index in [2.05, 4.69) is 5.32 Å². The van der Waals surface area contributed by atoms with E-state index in [0.29, 0.717) is 16.9 Å². The molecule has 0 aromatic heterocycles. The first-order valence-corrected chi connectivity index (χ1v) is 12.2. The third-order valence-electron chi connectivity index (χ3n) is 6.57. The van der Waals surface area contributed by atoms with Crippen LogP contribution in [0.1, 0.15) is 61.4 Å². The third-order valence-corrected chi connectivity index (χ3v) is 6.57. The first-order chi connectivity index (χ1) is 16.9. The molecule has 0 spiro atoms. The first kappa shape index (κ1) is 24.4. The smallest absolute Gasteiger partial charge is 0.338 e. The van der Waals surface area contributed by atoms with Crippen LogP contribution < -0.4 is 10.2 Å². The summed E-state index contributed by atoms with van der Waals surface area (Å²) in [6, 6.07) is 12.4. The van der Waals surface area contributed by atoms with E-state index in [9.17, 15) is 19.2 Å². The minimum Gasteiger partial charge on any atom is -0.462 e. The molecule has 8 heteroatoms. The number of anilines is 2. The highest BCUT2D eigenvalue weighted by Gasteiger charge is 2.49. The summed E-state index contributed by atoms with van der Waals surface area (Å²) >= 11 is 0. The van der Waals surface area contributed by atoms with Crippen molar-refractivity contribution in [3.63, 3.8) is 0 Å². The van der Waals surface area contributed by atoms with E-state index >= 15 is 0 Å². The molecule has 184 valence electrons. The number of carbonyl (C=O) groups excluding carboxylic acids is 4. The van der Waals surface area contributed by atoms with Gasteiger partial charge in [0.15, 0.2) is 0 Å². The number of urea groups is 1. The number of nitrogens with one attached hydrogen (secondary N) is 1. The molecule has 1 atom stereocenters. The summed E-state index contributed by atoms with van der Waals surface area (Å²) in [5.41, 5.74) is 2.43. The Bertz CT molecular complexity index is 1090. The van der Waals surface area contributed by atoms with Crippen LogP contribution in [0.25, 0.3) is 0 Å². The van der Waals surface area contributed by atoms with Crippen molar-refractivity contribution in [3.05, 3.63) is 59.7 Å². The Morgan fingerprint density at radius 3 is 2.26 bits per heavy atom. The Kier molecular flexibility index (Phi) is 7.48. The Balaban J connectivity index is 1.51. The zero-order valence-electron chi connectivity index (χ0n) is 20.2. The SMILES string of the molecule is CCOC(=O)c1ccc(NC(=O)C[C@@H]2C(=O)N(c3ccc(C)cc3)C(=O)N2C2CCCCC2)cc1. The summed E-state index contributed by atoms with van der Waals surface area (Å²) < 4.78 is 4.98. The van der Waals surface area contributed by atoms with Gasteiger partial charge >= 0.3 is 12.0 Å². The molecular weight excluding hydrogens is 446 g/mol. The monoisotopic (exact) mass is 477 g/mol. The van der Waals surface area contributed by atoms with Gasteiger partial charge in [-0.15, -0.1) is 0 Å². The van der Waals surface area contributed by atoms with Gasteiger partial charge in [0.2, 0.25) is 5.91 Å². The lowest BCUT2D eigenvalue weighted by molar-refractivity contribution is -0.125. The summed E-state index contributed by atoms with van der Waals surface area (Å²) in [4.78, 5) is 54.5. The van der Waals surface area contributed by atoms with Gasteiger partial charge in [-0.1, -0.05) is 37.0 Å².